The monoisotopic (exact) mass is 398 g/mol. The molecular formula is C25H22N2O3. The predicted octanol–water partition coefficient (Wildman–Crippen LogP) is 5.34. The highest BCUT2D eigenvalue weighted by Gasteiger charge is 2.10. The van der Waals surface area contributed by atoms with E-state index in [0.29, 0.717) is 23.6 Å². The minimum absolute atomic E-state index is 0.171. The third kappa shape index (κ3) is 4.58. The molecule has 0 radical (unpaired) electrons. The van der Waals surface area contributed by atoms with E-state index in [1.165, 1.54) is 5.56 Å². The Morgan fingerprint density at radius 3 is 2.27 bits per heavy atom. The summed E-state index contributed by atoms with van der Waals surface area (Å²) in [5.41, 5.74) is 4.47. The highest BCUT2D eigenvalue weighted by Crippen LogP contribution is 2.25. The van der Waals surface area contributed by atoms with Crippen molar-refractivity contribution in [2.24, 2.45) is 0 Å². The number of benzene rings is 3. The zero-order valence-electron chi connectivity index (χ0n) is 16.7. The molecule has 150 valence electrons. The molecule has 30 heavy (non-hydrogen) atoms. The van der Waals surface area contributed by atoms with Gasteiger partial charge >= 0.3 is 0 Å². The highest BCUT2D eigenvalue weighted by molar-refractivity contribution is 5.94. The fraction of sp³-hybridized carbons (Fsp3) is 0.120. The van der Waals surface area contributed by atoms with Gasteiger partial charge < -0.3 is 14.6 Å². The second kappa shape index (κ2) is 9.09. The van der Waals surface area contributed by atoms with Crippen LogP contribution >= 0.6 is 0 Å². The maximum absolute atomic E-state index is 12.3. The Labute approximate surface area is 175 Å². The molecule has 5 heteroatoms. The van der Waals surface area contributed by atoms with Crippen molar-refractivity contribution >= 4 is 5.91 Å². The van der Waals surface area contributed by atoms with E-state index in [1.807, 2.05) is 43.3 Å². The Bertz CT molecular complexity index is 1100. The molecule has 0 bridgehead atoms. The van der Waals surface area contributed by atoms with Gasteiger partial charge in [-0.1, -0.05) is 59.8 Å². The first-order valence-corrected chi connectivity index (χ1v) is 9.85. The van der Waals surface area contributed by atoms with Gasteiger partial charge in [-0.2, -0.15) is 0 Å². The average Bonchev–Trinajstić information content (AvgIpc) is 3.28. The zero-order valence-corrected chi connectivity index (χ0v) is 16.7. The summed E-state index contributed by atoms with van der Waals surface area (Å²) in [6.45, 7) is 2.80. The molecule has 0 aliphatic rings. The largest absolute Gasteiger partial charge is 0.494 e. The van der Waals surface area contributed by atoms with Crippen LogP contribution in [0.3, 0.4) is 0 Å². The van der Waals surface area contributed by atoms with E-state index in [0.717, 1.165) is 16.9 Å². The molecule has 0 atom stereocenters. The molecule has 0 saturated carbocycles. The Morgan fingerprint density at radius 2 is 1.57 bits per heavy atom. The van der Waals surface area contributed by atoms with Crippen molar-refractivity contribution in [1.82, 2.24) is 10.5 Å². The summed E-state index contributed by atoms with van der Waals surface area (Å²) in [7, 11) is 0. The number of hydrogen-bond acceptors (Lipinski definition) is 4. The quantitative estimate of drug-likeness (QED) is 0.457. The van der Waals surface area contributed by atoms with Crippen molar-refractivity contribution in [3.8, 4) is 28.2 Å². The molecule has 0 spiro atoms. The minimum Gasteiger partial charge on any atom is -0.494 e. The maximum atomic E-state index is 12.3. The Hall–Kier alpha value is -3.86. The summed E-state index contributed by atoms with van der Waals surface area (Å²) < 4.78 is 10.9. The molecule has 1 N–H and O–H groups in total. The van der Waals surface area contributed by atoms with Crippen LogP contribution in [-0.2, 0) is 6.54 Å². The van der Waals surface area contributed by atoms with Crippen LogP contribution in [0.1, 0.15) is 23.0 Å². The lowest BCUT2D eigenvalue weighted by Gasteiger charge is -2.05. The average molecular weight is 398 g/mol. The lowest BCUT2D eigenvalue weighted by molar-refractivity contribution is 0.0950. The van der Waals surface area contributed by atoms with Crippen LogP contribution in [0.15, 0.2) is 89.5 Å². The van der Waals surface area contributed by atoms with E-state index < -0.39 is 0 Å². The first kappa shape index (κ1) is 19.5. The third-order valence-electron chi connectivity index (χ3n) is 4.69. The smallest absolute Gasteiger partial charge is 0.251 e. The van der Waals surface area contributed by atoms with Crippen molar-refractivity contribution < 1.29 is 14.1 Å². The molecule has 5 nitrogen and oxygen atoms in total. The van der Waals surface area contributed by atoms with Gasteiger partial charge in [-0.05, 0) is 42.3 Å². The maximum Gasteiger partial charge on any atom is 0.251 e. The van der Waals surface area contributed by atoms with E-state index in [2.05, 4.69) is 34.7 Å². The van der Waals surface area contributed by atoms with Gasteiger partial charge in [-0.3, -0.25) is 4.79 Å². The highest BCUT2D eigenvalue weighted by atomic mass is 16.5. The van der Waals surface area contributed by atoms with Gasteiger partial charge in [-0.25, -0.2) is 0 Å². The Kier molecular flexibility index (Phi) is 5.90. The normalized spacial score (nSPS) is 10.6. The number of hydrogen-bond donors (Lipinski definition) is 1. The standard InChI is InChI=1S/C25H22N2O3/c1-2-29-23-14-12-21(13-15-23)25(28)26-17-22-16-24(30-27-22)20-10-8-19(9-11-20)18-6-4-3-5-7-18/h3-16H,2,17H2,1H3,(H,26,28). The number of carbonyl (C=O) groups excluding carboxylic acids is 1. The molecule has 0 fully saturated rings. The number of ether oxygens (including phenoxy) is 1. The molecule has 4 aromatic rings. The molecule has 1 amide bonds. The second-order valence-corrected chi connectivity index (χ2v) is 6.77. The summed E-state index contributed by atoms with van der Waals surface area (Å²) in [5, 5.41) is 6.93. The van der Waals surface area contributed by atoms with Crippen LogP contribution in [-0.4, -0.2) is 17.7 Å². The van der Waals surface area contributed by atoms with E-state index in [9.17, 15) is 4.79 Å². The molecule has 0 unspecified atom stereocenters. The number of nitrogens with zero attached hydrogens (tertiary/aromatic N) is 1. The molecule has 0 aliphatic carbocycles. The molecular weight excluding hydrogens is 376 g/mol. The molecule has 0 saturated heterocycles. The van der Waals surface area contributed by atoms with Gasteiger partial charge in [-0.15, -0.1) is 0 Å². The summed E-state index contributed by atoms with van der Waals surface area (Å²) in [5.74, 6) is 1.24. The van der Waals surface area contributed by atoms with Crippen LogP contribution < -0.4 is 10.1 Å². The van der Waals surface area contributed by atoms with Crippen molar-refractivity contribution in [2.45, 2.75) is 13.5 Å². The molecule has 1 heterocycles. The second-order valence-electron chi connectivity index (χ2n) is 6.77. The molecule has 0 aliphatic heterocycles. The van der Waals surface area contributed by atoms with Crippen molar-refractivity contribution in [1.29, 1.82) is 0 Å². The lowest BCUT2D eigenvalue weighted by atomic mass is 10.0. The van der Waals surface area contributed by atoms with Gasteiger partial charge in [0.25, 0.3) is 5.91 Å². The Balaban J connectivity index is 1.37. The summed E-state index contributed by atoms with van der Waals surface area (Å²) in [6, 6.07) is 27.2. The number of rotatable bonds is 7. The first-order valence-electron chi connectivity index (χ1n) is 9.85. The van der Waals surface area contributed by atoms with Gasteiger partial charge in [0.1, 0.15) is 11.4 Å². The van der Waals surface area contributed by atoms with Crippen LogP contribution in [0.5, 0.6) is 5.75 Å². The van der Waals surface area contributed by atoms with Crippen LogP contribution in [0.4, 0.5) is 0 Å². The third-order valence-corrected chi connectivity index (χ3v) is 4.69. The fourth-order valence-electron chi connectivity index (χ4n) is 3.13. The first-order chi connectivity index (χ1) is 14.7. The van der Waals surface area contributed by atoms with Gasteiger partial charge in [0.2, 0.25) is 0 Å². The summed E-state index contributed by atoms with van der Waals surface area (Å²) >= 11 is 0. The Morgan fingerprint density at radius 1 is 0.900 bits per heavy atom. The molecule has 1 aromatic heterocycles. The van der Waals surface area contributed by atoms with Crippen LogP contribution in [0, 0.1) is 0 Å². The van der Waals surface area contributed by atoms with Gasteiger partial charge in [0, 0.05) is 17.2 Å². The minimum atomic E-state index is -0.171. The van der Waals surface area contributed by atoms with Crippen LogP contribution in [0.2, 0.25) is 0 Å². The SMILES string of the molecule is CCOc1ccc(C(=O)NCc2cc(-c3ccc(-c4ccccc4)cc3)on2)cc1. The van der Waals surface area contributed by atoms with Crippen molar-refractivity contribution in [3.63, 3.8) is 0 Å². The van der Waals surface area contributed by atoms with E-state index >= 15 is 0 Å². The van der Waals surface area contributed by atoms with Crippen LogP contribution in [0.25, 0.3) is 22.5 Å². The van der Waals surface area contributed by atoms with Gasteiger partial charge in [0.05, 0.1) is 13.2 Å². The number of carbonyl (C=O) groups is 1. The van der Waals surface area contributed by atoms with Gasteiger partial charge in [0.15, 0.2) is 5.76 Å². The summed E-state index contributed by atoms with van der Waals surface area (Å²) in [4.78, 5) is 12.3. The zero-order chi connectivity index (χ0) is 20.8. The van der Waals surface area contributed by atoms with Crippen molar-refractivity contribution in [3.05, 3.63) is 96.2 Å². The predicted molar refractivity (Wildman–Crippen MR) is 116 cm³/mol. The van der Waals surface area contributed by atoms with Crippen molar-refractivity contribution in [2.75, 3.05) is 6.61 Å². The number of nitrogens with one attached hydrogen (secondary N) is 1. The van der Waals surface area contributed by atoms with E-state index in [1.54, 1.807) is 24.3 Å². The van der Waals surface area contributed by atoms with E-state index in [-0.39, 0.29) is 12.5 Å². The fourth-order valence-corrected chi connectivity index (χ4v) is 3.13. The number of amides is 1. The summed E-state index contributed by atoms with van der Waals surface area (Å²) in [6.07, 6.45) is 0. The molecule has 4 rings (SSSR count). The van der Waals surface area contributed by atoms with E-state index in [4.69, 9.17) is 9.26 Å². The lowest BCUT2D eigenvalue weighted by Crippen LogP contribution is -2.22. The molecule has 3 aromatic carbocycles. The topological polar surface area (TPSA) is 64.4 Å². The number of aromatic nitrogens is 1.